The molecule has 0 aromatic heterocycles. The third kappa shape index (κ3) is 5.29. The van der Waals surface area contributed by atoms with Gasteiger partial charge in [0, 0.05) is 24.7 Å². The Hall–Kier alpha value is -2.93. The number of aliphatic imine (C=N–C) groups is 1. The number of hydrogen-bond acceptors (Lipinski definition) is 5. The number of nitrogens with one attached hydrogen (secondary N) is 2. The van der Waals surface area contributed by atoms with E-state index in [1.165, 1.54) is 0 Å². The summed E-state index contributed by atoms with van der Waals surface area (Å²) in [6, 6.07) is 13.1. The molecule has 0 radical (unpaired) electrons. The van der Waals surface area contributed by atoms with Gasteiger partial charge < -0.3 is 30.0 Å². The molecule has 1 aliphatic rings. The minimum absolute atomic E-state index is 0.215. The summed E-state index contributed by atoms with van der Waals surface area (Å²) >= 11 is 0. The molecule has 3 rings (SSSR count). The van der Waals surface area contributed by atoms with Crippen molar-refractivity contribution in [3.8, 4) is 17.2 Å². The highest BCUT2D eigenvalue weighted by molar-refractivity contribution is 5.93. The molecule has 1 aliphatic heterocycles. The minimum Gasteiger partial charge on any atom is -0.497 e. The van der Waals surface area contributed by atoms with Crippen molar-refractivity contribution in [1.82, 2.24) is 5.32 Å². The second-order valence-electron chi connectivity index (χ2n) is 6.35. The monoisotopic (exact) mass is 385 g/mol. The predicted molar refractivity (Wildman–Crippen MR) is 110 cm³/mol. The van der Waals surface area contributed by atoms with Crippen LogP contribution in [0.2, 0.25) is 0 Å². The Balaban J connectivity index is 1.69. The van der Waals surface area contributed by atoms with E-state index in [0.29, 0.717) is 31.5 Å². The second-order valence-corrected chi connectivity index (χ2v) is 6.35. The summed E-state index contributed by atoms with van der Waals surface area (Å²) in [6.07, 6.45) is 0.137. The first-order valence-corrected chi connectivity index (χ1v) is 9.46. The first-order valence-electron chi connectivity index (χ1n) is 9.46. The number of guanidine groups is 1. The fourth-order valence-corrected chi connectivity index (χ4v) is 2.82. The third-order valence-electron chi connectivity index (χ3n) is 4.26. The van der Waals surface area contributed by atoms with Gasteiger partial charge in [-0.1, -0.05) is 12.1 Å². The van der Waals surface area contributed by atoms with Gasteiger partial charge in [-0.25, -0.2) is 4.99 Å². The highest BCUT2D eigenvalue weighted by Crippen LogP contribution is 2.32. The van der Waals surface area contributed by atoms with Crippen LogP contribution < -0.4 is 24.8 Å². The Bertz CT molecular complexity index is 810. The van der Waals surface area contributed by atoms with Gasteiger partial charge in [-0.15, -0.1) is 0 Å². The first kappa shape index (κ1) is 19.8. The van der Waals surface area contributed by atoms with Crippen LogP contribution in [0.3, 0.4) is 0 Å². The van der Waals surface area contributed by atoms with Gasteiger partial charge in [-0.2, -0.15) is 0 Å². The van der Waals surface area contributed by atoms with Crippen LogP contribution in [0.4, 0.5) is 5.69 Å². The molecule has 0 fully saturated rings. The SMILES string of the molecule is CCNC(=NCC(O)c1cccc(OC)c1)Nc1ccc2c(c1)OCCCO2. The molecule has 3 N–H and O–H groups in total. The Labute approximate surface area is 165 Å². The van der Waals surface area contributed by atoms with Crippen molar-refractivity contribution in [2.24, 2.45) is 4.99 Å². The zero-order chi connectivity index (χ0) is 19.8. The fourth-order valence-electron chi connectivity index (χ4n) is 2.82. The van der Waals surface area contributed by atoms with Crippen molar-refractivity contribution in [2.75, 3.05) is 38.7 Å². The van der Waals surface area contributed by atoms with Gasteiger partial charge in [-0.3, -0.25) is 0 Å². The summed E-state index contributed by atoms with van der Waals surface area (Å²) in [4.78, 5) is 4.50. The molecule has 1 atom stereocenters. The minimum atomic E-state index is -0.727. The quantitative estimate of drug-likeness (QED) is 0.524. The van der Waals surface area contributed by atoms with E-state index in [9.17, 15) is 5.11 Å². The topological polar surface area (TPSA) is 84.3 Å². The molecule has 0 amide bonds. The summed E-state index contributed by atoms with van der Waals surface area (Å²) in [5.74, 6) is 2.75. The van der Waals surface area contributed by atoms with E-state index in [-0.39, 0.29) is 6.54 Å². The average molecular weight is 385 g/mol. The highest BCUT2D eigenvalue weighted by Gasteiger charge is 2.12. The van der Waals surface area contributed by atoms with Crippen LogP contribution in [0, 0.1) is 0 Å². The molecule has 2 aromatic rings. The number of rotatable bonds is 6. The van der Waals surface area contributed by atoms with E-state index in [4.69, 9.17) is 14.2 Å². The van der Waals surface area contributed by atoms with E-state index in [0.717, 1.165) is 29.2 Å². The number of aliphatic hydroxyl groups is 1. The van der Waals surface area contributed by atoms with Crippen molar-refractivity contribution in [3.63, 3.8) is 0 Å². The molecule has 2 aromatic carbocycles. The lowest BCUT2D eigenvalue weighted by atomic mass is 10.1. The molecule has 0 saturated heterocycles. The standard InChI is InChI=1S/C21H27N3O4/c1-3-22-21(23-14-18(25)15-6-4-7-17(12-15)26-2)24-16-8-9-19-20(13-16)28-11-5-10-27-19/h4,6-9,12-13,18,25H,3,5,10-11,14H2,1-2H3,(H2,22,23,24). The summed E-state index contributed by atoms with van der Waals surface area (Å²) < 4.78 is 16.6. The zero-order valence-electron chi connectivity index (χ0n) is 16.3. The van der Waals surface area contributed by atoms with E-state index in [2.05, 4.69) is 15.6 Å². The molecule has 1 unspecified atom stereocenters. The number of fused-ring (bicyclic) bond motifs is 1. The van der Waals surface area contributed by atoms with Crippen molar-refractivity contribution in [1.29, 1.82) is 0 Å². The predicted octanol–water partition coefficient (Wildman–Crippen LogP) is 2.97. The van der Waals surface area contributed by atoms with Gasteiger partial charge in [0.15, 0.2) is 17.5 Å². The van der Waals surface area contributed by atoms with E-state index in [1.54, 1.807) is 7.11 Å². The van der Waals surface area contributed by atoms with Crippen LogP contribution in [0.1, 0.15) is 25.0 Å². The molecule has 0 aliphatic carbocycles. The van der Waals surface area contributed by atoms with Crippen molar-refractivity contribution in [2.45, 2.75) is 19.4 Å². The molecule has 150 valence electrons. The Morgan fingerprint density at radius 3 is 2.79 bits per heavy atom. The molecule has 0 spiro atoms. The largest absolute Gasteiger partial charge is 0.497 e. The second kappa shape index (κ2) is 9.85. The fraction of sp³-hybridized carbons (Fsp3) is 0.381. The smallest absolute Gasteiger partial charge is 0.195 e. The molecular weight excluding hydrogens is 358 g/mol. The molecule has 1 heterocycles. The summed E-state index contributed by atoms with van der Waals surface area (Å²) in [5, 5.41) is 16.9. The van der Waals surface area contributed by atoms with Crippen LogP contribution in [-0.4, -0.2) is 44.5 Å². The maximum Gasteiger partial charge on any atom is 0.195 e. The van der Waals surface area contributed by atoms with Crippen molar-refractivity contribution in [3.05, 3.63) is 48.0 Å². The van der Waals surface area contributed by atoms with Gasteiger partial charge in [0.1, 0.15) is 5.75 Å². The summed E-state index contributed by atoms with van der Waals surface area (Å²) in [6.45, 7) is 4.20. The lowest BCUT2D eigenvalue weighted by Gasteiger charge is -2.15. The lowest BCUT2D eigenvalue weighted by molar-refractivity contribution is 0.187. The third-order valence-corrected chi connectivity index (χ3v) is 4.26. The van der Waals surface area contributed by atoms with Gasteiger partial charge in [-0.05, 0) is 36.8 Å². The number of hydrogen-bond donors (Lipinski definition) is 3. The molecule has 7 nitrogen and oxygen atoms in total. The highest BCUT2D eigenvalue weighted by atomic mass is 16.5. The number of aliphatic hydroxyl groups excluding tert-OH is 1. The number of nitrogens with zero attached hydrogens (tertiary/aromatic N) is 1. The average Bonchev–Trinajstić information content (AvgIpc) is 2.97. The van der Waals surface area contributed by atoms with Crippen molar-refractivity contribution < 1.29 is 19.3 Å². The lowest BCUT2D eigenvalue weighted by Crippen LogP contribution is -2.31. The Morgan fingerprint density at radius 1 is 1.18 bits per heavy atom. The zero-order valence-corrected chi connectivity index (χ0v) is 16.3. The van der Waals surface area contributed by atoms with Crippen LogP contribution in [0.5, 0.6) is 17.2 Å². The van der Waals surface area contributed by atoms with Gasteiger partial charge in [0.2, 0.25) is 0 Å². The molecule has 7 heteroatoms. The molecule has 0 saturated carbocycles. The molecular formula is C21H27N3O4. The van der Waals surface area contributed by atoms with Crippen molar-refractivity contribution >= 4 is 11.6 Å². The van der Waals surface area contributed by atoms with Crippen LogP contribution >= 0.6 is 0 Å². The van der Waals surface area contributed by atoms with E-state index in [1.807, 2.05) is 49.4 Å². The summed E-state index contributed by atoms with van der Waals surface area (Å²) in [7, 11) is 1.60. The van der Waals surface area contributed by atoms with E-state index >= 15 is 0 Å². The number of methoxy groups -OCH3 is 1. The normalized spacial score (nSPS) is 14.8. The maximum absolute atomic E-state index is 10.5. The Kier molecular flexibility index (Phi) is 6.97. The Morgan fingerprint density at radius 2 is 2.00 bits per heavy atom. The number of anilines is 1. The van der Waals surface area contributed by atoms with Gasteiger partial charge >= 0.3 is 0 Å². The molecule has 0 bridgehead atoms. The first-order chi connectivity index (χ1) is 13.7. The van der Waals surface area contributed by atoms with Gasteiger partial charge in [0.05, 0.1) is 33.0 Å². The van der Waals surface area contributed by atoms with Gasteiger partial charge in [0.25, 0.3) is 0 Å². The summed E-state index contributed by atoms with van der Waals surface area (Å²) in [5.41, 5.74) is 1.59. The van der Waals surface area contributed by atoms with E-state index < -0.39 is 6.10 Å². The van der Waals surface area contributed by atoms with Crippen LogP contribution in [-0.2, 0) is 0 Å². The van der Waals surface area contributed by atoms with Crippen LogP contribution in [0.15, 0.2) is 47.5 Å². The van der Waals surface area contributed by atoms with Crippen LogP contribution in [0.25, 0.3) is 0 Å². The number of benzene rings is 2. The number of ether oxygens (including phenoxy) is 3. The molecule has 28 heavy (non-hydrogen) atoms. The maximum atomic E-state index is 10.5.